The number of ether oxygens (including phenoxy) is 3. The number of amides is 7. The lowest BCUT2D eigenvalue weighted by atomic mass is 9.71. The minimum atomic E-state index is -1.03. The molecule has 1 unspecified atom stereocenters. The van der Waals surface area contributed by atoms with Gasteiger partial charge in [-0.05, 0) is 85.3 Å². The van der Waals surface area contributed by atoms with Gasteiger partial charge in [-0.1, -0.05) is 30.3 Å². The molecule has 4 aliphatic rings. The third-order valence-electron chi connectivity index (χ3n) is 13.0. The molecular weight excluding hydrogens is 873 g/mol. The zero-order valence-electron chi connectivity index (χ0n) is 38.5. The summed E-state index contributed by atoms with van der Waals surface area (Å²) in [5, 5.41) is 11.3. The van der Waals surface area contributed by atoms with E-state index in [9.17, 15) is 33.6 Å². The molecule has 4 N–H and O–H groups in total. The summed E-state index contributed by atoms with van der Waals surface area (Å²) in [6, 6.07) is 23.1. The van der Waals surface area contributed by atoms with E-state index in [1.165, 1.54) is 5.69 Å². The Morgan fingerprint density at radius 1 is 0.794 bits per heavy atom. The van der Waals surface area contributed by atoms with Gasteiger partial charge in [0.2, 0.25) is 17.7 Å². The number of piperidine rings is 1. The Bertz CT molecular complexity index is 2530. The molecule has 1 spiro atoms. The van der Waals surface area contributed by atoms with Crippen LogP contribution < -0.4 is 21.3 Å². The van der Waals surface area contributed by atoms with E-state index in [2.05, 4.69) is 36.8 Å². The van der Waals surface area contributed by atoms with Crippen LogP contribution in [0.5, 0.6) is 0 Å². The Balaban J connectivity index is 0.676. The Morgan fingerprint density at radius 3 is 2.19 bits per heavy atom. The highest BCUT2D eigenvalue weighted by atomic mass is 16.5. The van der Waals surface area contributed by atoms with Gasteiger partial charge in [-0.25, -0.2) is 0 Å². The maximum absolute atomic E-state index is 13.5. The average molecular weight is 931 g/mol. The molecule has 1 atom stereocenters. The lowest BCUT2D eigenvalue weighted by Crippen LogP contribution is -2.56. The number of nitrogens with one attached hydrogen (secondary N) is 4. The van der Waals surface area contributed by atoms with Gasteiger partial charge >= 0.3 is 0 Å². The van der Waals surface area contributed by atoms with Gasteiger partial charge < -0.3 is 39.6 Å². The summed E-state index contributed by atoms with van der Waals surface area (Å²) in [5.74, 6) is -2.56. The molecule has 1 aromatic heterocycles. The van der Waals surface area contributed by atoms with Crippen LogP contribution in [0, 0.1) is 0 Å². The molecule has 7 amide bonds. The van der Waals surface area contributed by atoms with Crippen LogP contribution in [0.3, 0.4) is 0 Å². The van der Waals surface area contributed by atoms with Crippen molar-refractivity contribution in [1.82, 2.24) is 29.9 Å². The number of hydrogen-bond donors (Lipinski definition) is 4. The lowest BCUT2D eigenvalue weighted by Gasteiger charge is -2.53. The zero-order chi connectivity index (χ0) is 47.8. The second-order valence-electron chi connectivity index (χ2n) is 17.6. The Morgan fingerprint density at radius 2 is 1.50 bits per heavy atom. The van der Waals surface area contributed by atoms with Gasteiger partial charge in [-0.2, -0.15) is 0 Å². The Labute approximate surface area is 394 Å². The van der Waals surface area contributed by atoms with Gasteiger partial charge in [0.05, 0.1) is 62.7 Å². The monoisotopic (exact) mass is 930 g/mol. The van der Waals surface area contributed by atoms with E-state index in [1.807, 2.05) is 54.6 Å². The average Bonchev–Trinajstić information content (AvgIpc) is 3.86. The van der Waals surface area contributed by atoms with Crippen LogP contribution in [-0.2, 0) is 53.8 Å². The summed E-state index contributed by atoms with van der Waals surface area (Å²) in [7, 11) is 3.51. The first-order chi connectivity index (χ1) is 32.9. The summed E-state index contributed by atoms with van der Waals surface area (Å²) in [5.41, 5.74) is 5.96. The predicted molar refractivity (Wildman–Crippen MR) is 250 cm³/mol. The van der Waals surface area contributed by atoms with Crippen molar-refractivity contribution in [2.45, 2.75) is 69.7 Å². The van der Waals surface area contributed by atoms with E-state index >= 15 is 0 Å². The highest BCUT2D eigenvalue weighted by Crippen LogP contribution is 2.49. The van der Waals surface area contributed by atoms with Crippen LogP contribution in [0.25, 0.3) is 0 Å². The molecule has 18 nitrogen and oxygen atoms in total. The van der Waals surface area contributed by atoms with E-state index in [-0.39, 0.29) is 60.3 Å². The summed E-state index contributed by atoms with van der Waals surface area (Å²) in [6.07, 6.45) is 3.52. The van der Waals surface area contributed by atoms with Gasteiger partial charge in [0.25, 0.3) is 23.6 Å². The quantitative estimate of drug-likeness (QED) is 0.0693. The normalized spacial score (nSPS) is 17.3. The first-order valence-corrected chi connectivity index (χ1v) is 23.2. The van der Waals surface area contributed by atoms with E-state index in [0.29, 0.717) is 75.3 Å². The van der Waals surface area contributed by atoms with Crippen LogP contribution >= 0.6 is 0 Å². The zero-order valence-corrected chi connectivity index (χ0v) is 38.5. The van der Waals surface area contributed by atoms with Crippen LogP contribution in [0.15, 0.2) is 78.9 Å². The number of aromatic nitrogens is 1. The molecule has 1 aliphatic carbocycles. The van der Waals surface area contributed by atoms with Gasteiger partial charge in [-0.15, -0.1) is 0 Å². The number of fused-ring (bicyclic) bond motifs is 3. The second kappa shape index (κ2) is 21.5. The Hall–Kier alpha value is -6.73. The highest BCUT2D eigenvalue weighted by Gasteiger charge is 2.49. The minimum absolute atomic E-state index is 0.0123. The molecule has 1 saturated carbocycles. The van der Waals surface area contributed by atoms with Crippen LogP contribution in [-0.4, -0.2) is 133 Å². The molecule has 3 aromatic carbocycles. The highest BCUT2D eigenvalue weighted by molar-refractivity contribution is 6.25. The van der Waals surface area contributed by atoms with Crippen molar-refractivity contribution < 1.29 is 47.8 Å². The van der Waals surface area contributed by atoms with Crippen LogP contribution in [0.4, 0.5) is 11.4 Å². The van der Waals surface area contributed by atoms with Crippen molar-refractivity contribution in [3.05, 3.63) is 118 Å². The number of rotatable bonds is 21. The van der Waals surface area contributed by atoms with E-state index in [0.717, 1.165) is 48.4 Å². The maximum Gasteiger partial charge on any atom is 0.268 e. The molecule has 0 bridgehead atoms. The summed E-state index contributed by atoms with van der Waals surface area (Å²) in [6.45, 7) is 4.80. The molecule has 68 heavy (non-hydrogen) atoms. The van der Waals surface area contributed by atoms with Crippen LogP contribution in [0.1, 0.15) is 96.9 Å². The summed E-state index contributed by atoms with van der Waals surface area (Å²) in [4.78, 5) is 93.7. The summed E-state index contributed by atoms with van der Waals surface area (Å²) >= 11 is 0. The predicted octanol–water partition coefficient (Wildman–Crippen LogP) is 3.91. The fourth-order valence-corrected chi connectivity index (χ4v) is 9.28. The molecule has 4 heterocycles. The lowest BCUT2D eigenvalue weighted by molar-refractivity contribution is -0.136. The molecule has 8 rings (SSSR count). The topological polar surface area (TPSA) is 210 Å². The van der Waals surface area contributed by atoms with Crippen molar-refractivity contribution in [3.8, 4) is 0 Å². The second-order valence-corrected chi connectivity index (χ2v) is 17.6. The van der Waals surface area contributed by atoms with Gasteiger partial charge in [0.1, 0.15) is 11.7 Å². The Kier molecular flexibility index (Phi) is 15.1. The molecule has 3 aliphatic heterocycles. The number of carbonyl (C=O) groups excluding carboxylic acids is 7. The van der Waals surface area contributed by atoms with Gasteiger partial charge in [0, 0.05) is 75.9 Å². The number of benzene rings is 3. The van der Waals surface area contributed by atoms with Crippen molar-refractivity contribution in [1.29, 1.82) is 0 Å². The van der Waals surface area contributed by atoms with E-state index in [4.69, 9.17) is 14.2 Å². The van der Waals surface area contributed by atoms with Crippen molar-refractivity contribution in [2.75, 3.05) is 77.5 Å². The van der Waals surface area contributed by atoms with Gasteiger partial charge in [0.15, 0.2) is 0 Å². The number of carbonyl (C=O) groups is 7. The van der Waals surface area contributed by atoms with Gasteiger partial charge in [-0.3, -0.25) is 48.7 Å². The van der Waals surface area contributed by atoms with E-state index < -0.39 is 29.7 Å². The maximum atomic E-state index is 13.5. The number of hydrogen-bond acceptors (Lipinski definition) is 12. The number of imide groups is 2. The number of nitrogens with zero attached hydrogens (tertiary/aromatic N) is 4. The minimum Gasteiger partial charge on any atom is -0.382 e. The molecular formula is C50H58N8O10. The van der Waals surface area contributed by atoms with E-state index in [1.54, 1.807) is 37.2 Å². The smallest absolute Gasteiger partial charge is 0.268 e. The summed E-state index contributed by atoms with van der Waals surface area (Å²) < 4.78 is 18.9. The first-order valence-electron chi connectivity index (χ1n) is 23.2. The molecule has 1 saturated heterocycles. The standard InChI is InChI=1S/C50H58N8O10/c1-55(2)47(63)35-11-7-34(8-12-35)32-56-23-24-57-39(15-17-41(57)50(56)20-4-21-50)45(61)52-31-33-9-13-36(14-10-33)53-43(60)19-25-66-27-29-68-30-28-67-26-22-51-38-6-3-5-37-44(38)49(65)58(48(37)64)40-16-18-42(59)54-46(40)62/h3,5-15,17,40,51H,4,16,18-32H2,1-2H3,(H,52,61)(H,53,60)(H,54,59,62). The third kappa shape index (κ3) is 10.5. The largest absolute Gasteiger partial charge is 0.382 e. The molecule has 0 radical (unpaired) electrons. The van der Waals surface area contributed by atoms with Crippen LogP contribution in [0.2, 0.25) is 0 Å². The van der Waals surface area contributed by atoms with Crippen molar-refractivity contribution >= 4 is 52.7 Å². The van der Waals surface area contributed by atoms with Crippen molar-refractivity contribution in [2.24, 2.45) is 0 Å². The fraction of sp³-hybridized carbons (Fsp3) is 0.420. The number of anilines is 2. The molecule has 2 fully saturated rings. The van der Waals surface area contributed by atoms with Crippen molar-refractivity contribution in [3.63, 3.8) is 0 Å². The third-order valence-corrected chi connectivity index (χ3v) is 13.0. The molecule has 4 aromatic rings. The molecule has 18 heteroatoms. The first kappa shape index (κ1) is 47.8. The fourth-order valence-electron chi connectivity index (χ4n) is 9.28. The SMILES string of the molecule is CN(C)C(=O)c1ccc(CN2CCn3c(C(=O)NCc4ccc(NC(=O)CCOCCOCCOCCNc5cccc6c5C(=O)N(C5CCC(=O)NC5=O)C6=O)cc4)ccc3C23CCC3)cc1. The molecule has 358 valence electrons.